The zero-order valence-corrected chi connectivity index (χ0v) is 13.0. The molecule has 0 saturated carbocycles. The SMILES string of the molecule is CCC(NC(C)CC1COCCN1)c1ccc(C)cc1. The summed E-state index contributed by atoms with van der Waals surface area (Å²) in [7, 11) is 0. The molecule has 1 aromatic carbocycles. The zero-order valence-electron chi connectivity index (χ0n) is 13.0. The third-order valence-corrected chi connectivity index (χ3v) is 4.01. The summed E-state index contributed by atoms with van der Waals surface area (Å²) in [6.07, 6.45) is 2.23. The number of morpholine rings is 1. The molecule has 1 aromatic rings. The van der Waals surface area contributed by atoms with Crippen LogP contribution in [-0.4, -0.2) is 31.8 Å². The molecule has 3 atom stereocenters. The Balaban J connectivity index is 1.86. The van der Waals surface area contributed by atoms with E-state index in [9.17, 15) is 0 Å². The minimum absolute atomic E-state index is 0.440. The monoisotopic (exact) mass is 276 g/mol. The third-order valence-electron chi connectivity index (χ3n) is 4.01. The number of hydrogen-bond donors (Lipinski definition) is 2. The predicted octanol–water partition coefficient (Wildman–Crippen LogP) is 2.80. The molecule has 0 radical (unpaired) electrons. The number of aryl methyl sites for hydroxylation is 1. The molecule has 3 unspecified atom stereocenters. The fraction of sp³-hybridized carbons (Fsp3) is 0.647. The Bertz CT molecular complexity index is 384. The maximum Gasteiger partial charge on any atom is 0.0620 e. The van der Waals surface area contributed by atoms with Crippen LogP contribution in [0.1, 0.15) is 43.9 Å². The van der Waals surface area contributed by atoms with E-state index in [1.807, 2.05) is 0 Å². The first-order valence-corrected chi connectivity index (χ1v) is 7.82. The molecule has 3 nitrogen and oxygen atoms in total. The molecule has 0 bridgehead atoms. The van der Waals surface area contributed by atoms with Crippen LogP contribution in [0.5, 0.6) is 0 Å². The summed E-state index contributed by atoms with van der Waals surface area (Å²) in [4.78, 5) is 0. The fourth-order valence-corrected chi connectivity index (χ4v) is 2.86. The molecule has 1 heterocycles. The van der Waals surface area contributed by atoms with Gasteiger partial charge < -0.3 is 15.4 Å². The molecule has 0 amide bonds. The van der Waals surface area contributed by atoms with Gasteiger partial charge in [-0.2, -0.15) is 0 Å². The quantitative estimate of drug-likeness (QED) is 0.838. The van der Waals surface area contributed by atoms with E-state index in [4.69, 9.17) is 4.74 Å². The standard InChI is InChI=1S/C17H28N2O/c1-4-17(15-7-5-13(2)6-8-15)19-14(3)11-16-12-20-10-9-18-16/h5-8,14,16-19H,4,9-12H2,1-3H3. The van der Waals surface area contributed by atoms with E-state index < -0.39 is 0 Å². The average Bonchev–Trinajstić information content (AvgIpc) is 2.47. The Morgan fingerprint density at radius 1 is 1.35 bits per heavy atom. The van der Waals surface area contributed by atoms with Crippen molar-refractivity contribution in [1.29, 1.82) is 0 Å². The highest BCUT2D eigenvalue weighted by Gasteiger charge is 2.18. The largest absolute Gasteiger partial charge is 0.379 e. The summed E-state index contributed by atoms with van der Waals surface area (Å²) >= 11 is 0. The minimum Gasteiger partial charge on any atom is -0.379 e. The topological polar surface area (TPSA) is 33.3 Å². The number of nitrogens with one attached hydrogen (secondary N) is 2. The van der Waals surface area contributed by atoms with E-state index >= 15 is 0 Å². The molecule has 112 valence electrons. The van der Waals surface area contributed by atoms with Crippen molar-refractivity contribution in [1.82, 2.24) is 10.6 Å². The van der Waals surface area contributed by atoms with E-state index in [0.29, 0.717) is 18.1 Å². The van der Waals surface area contributed by atoms with Crippen LogP contribution in [0.15, 0.2) is 24.3 Å². The molecule has 2 N–H and O–H groups in total. The summed E-state index contributed by atoms with van der Waals surface area (Å²) < 4.78 is 5.52. The Hall–Kier alpha value is -0.900. The van der Waals surface area contributed by atoms with Gasteiger partial charge in [-0.1, -0.05) is 36.8 Å². The van der Waals surface area contributed by atoms with Crippen LogP contribution in [0.3, 0.4) is 0 Å². The molecule has 3 heteroatoms. The van der Waals surface area contributed by atoms with Crippen LogP contribution < -0.4 is 10.6 Å². The van der Waals surface area contributed by atoms with Gasteiger partial charge in [-0.25, -0.2) is 0 Å². The van der Waals surface area contributed by atoms with Gasteiger partial charge in [0.25, 0.3) is 0 Å². The first-order chi connectivity index (χ1) is 9.69. The van der Waals surface area contributed by atoms with Crippen molar-refractivity contribution in [3.63, 3.8) is 0 Å². The lowest BCUT2D eigenvalue weighted by atomic mass is 10.0. The Morgan fingerprint density at radius 3 is 2.70 bits per heavy atom. The van der Waals surface area contributed by atoms with Crippen LogP contribution >= 0.6 is 0 Å². The molecule has 1 aliphatic rings. The van der Waals surface area contributed by atoms with Gasteiger partial charge in [0, 0.05) is 24.7 Å². The van der Waals surface area contributed by atoms with Crippen LogP contribution in [0.25, 0.3) is 0 Å². The molecule has 0 aromatic heterocycles. The lowest BCUT2D eigenvalue weighted by Crippen LogP contribution is -2.45. The molecule has 0 aliphatic carbocycles. The van der Waals surface area contributed by atoms with Gasteiger partial charge in [0.05, 0.1) is 13.2 Å². The first kappa shape index (κ1) is 15.5. The Kier molecular flexibility index (Phi) is 6.02. The highest BCUT2D eigenvalue weighted by Crippen LogP contribution is 2.18. The number of ether oxygens (including phenoxy) is 1. The van der Waals surface area contributed by atoms with Crippen molar-refractivity contribution in [3.05, 3.63) is 35.4 Å². The van der Waals surface area contributed by atoms with Crippen LogP contribution in [0.4, 0.5) is 0 Å². The van der Waals surface area contributed by atoms with E-state index in [-0.39, 0.29) is 0 Å². The van der Waals surface area contributed by atoms with Crippen LogP contribution in [0.2, 0.25) is 0 Å². The summed E-state index contributed by atoms with van der Waals surface area (Å²) in [5.74, 6) is 0. The van der Waals surface area contributed by atoms with Gasteiger partial charge in [-0.05, 0) is 32.3 Å². The lowest BCUT2D eigenvalue weighted by molar-refractivity contribution is 0.0707. The Morgan fingerprint density at radius 2 is 2.10 bits per heavy atom. The van der Waals surface area contributed by atoms with E-state index in [0.717, 1.165) is 32.6 Å². The van der Waals surface area contributed by atoms with Crippen molar-refractivity contribution < 1.29 is 4.74 Å². The lowest BCUT2D eigenvalue weighted by Gasteiger charge is -2.29. The second kappa shape index (κ2) is 7.77. The first-order valence-electron chi connectivity index (χ1n) is 7.82. The second-order valence-electron chi connectivity index (χ2n) is 5.90. The van der Waals surface area contributed by atoms with Crippen molar-refractivity contribution in [2.75, 3.05) is 19.8 Å². The van der Waals surface area contributed by atoms with Crippen molar-refractivity contribution in [2.24, 2.45) is 0 Å². The molecule has 1 aliphatic heterocycles. The minimum atomic E-state index is 0.440. The third kappa shape index (κ3) is 4.58. The van der Waals surface area contributed by atoms with Gasteiger partial charge in [-0.15, -0.1) is 0 Å². The fourth-order valence-electron chi connectivity index (χ4n) is 2.86. The van der Waals surface area contributed by atoms with Crippen LogP contribution in [-0.2, 0) is 4.74 Å². The van der Waals surface area contributed by atoms with Gasteiger partial charge in [0.1, 0.15) is 0 Å². The predicted molar refractivity (Wildman–Crippen MR) is 84.0 cm³/mol. The maximum absolute atomic E-state index is 5.52. The van der Waals surface area contributed by atoms with E-state index in [1.54, 1.807) is 0 Å². The van der Waals surface area contributed by atoms with Gasteiger partial charge in [0.15, 0.2) is 0 Å². The van der Waals surface area contributed by atoms with Crippen molar-refractivity contribution >= 4 is 0 Å². The highest BCUT2D eigenvalue weighted by atomic mass is 16.5. The summed E-state index contributed by atoms with van der Waals surface area (Å²) in [5, 5.41) is 7.28. The van der Waals surface area contributed by atoms with Crippen molar-refractivity contribution in [3.8, 4) is 0 Å². The highest BCUT2D eigenvalue weighted by molar-refractivity contribution is 5.24. The molecule has 1 saturated heterocycles. The van der Waals surface area contributed by atoms with E-state index in [2.05, 4.69) is 55.7 Å². The molecule has 2 rings (SSSR count). The summed E-state index contributed by atoms with van der Waals surface area (Å²) in [6, 6.07) is 10.3. The molecular formula is C17H28N2O. The van der Waals surface area contributed by atoms with Crippen LogP contribution in [0, 0.1) is 6.92 Å². The van der Waals surface area contributed by atoms with Crippen molar-refractivity contribution in [2.45, 2.75) is 51.7 Å². The molecular weight excluding hydrogens is 248 g/mol. The smallest absolute Gasteiger partial charge is 0.0620 e. The molecule has 0 spiro atoms. The second-order valence-corrected chi connectivity index (χ2v) is 5.90. The number of rotatable bonds is 6. The molecule has 20 heavy (non-hydrogen) atoms. The van der Waals surface area contributed by atoms with E-state index in [1.165, 1.54) is 11.1 Å². The maximum atomic E-state index is 5.52. The number of hydrogen-bond acceptors (Lipinski definition) is 3. The normalized spacial score (nSPS) is 22.4. The zero-order chi connectivity index (χ0) is 14.4. The Labute approximate surface area is 123 Å². The average molecular weight is 276 g/mol. The summed E-state index contributed by atoms with van der Waals surface area (Å²) in [5.41, 5.74) is 2.71. The van der Waals surface area contributed by atoms with Gasteiger partial charge >= 0.3 is 0 Å². The molecule has 1 fully saturated rings. The number of benzene rings is 1. The summed E-state index contributed by atoms with van der Waals surface area (Å²) in [6.45, 7) is 9.31. The van der Waals surface area contributed by atoms with Gasteiger partial charge in [-0.3, -0.25) is 0 Å². The van der Waals surface area contributed by atoms with Gasteiger partial charge in [0.2, 0.25) is 0 Å².